The van der Waals surface area contributed by atoms with Crippen LogP contribution in [0.4, 0.5) is 0 Å². The minimum absolute atomic E-state index is 0.0147. The Hall–Kier alpha value is -2.11. The predicted octanol–water partition coefficient (Wildman–Crippen LogP) is 0.689. The topological polar surface area (TPSA) is 83.8 Å². The third kappa shape index (κ3) is 3.75. The Labute approximate surface area is 98.4 Å². The van der Waals surface area contributed by atoms with E-state index in [1.165, 1.54) is 6.33 Å². The number of carbonyl (C=O) groups excluding carboxylic acids is 1. The van der Waals surface area contributed by atoms with Crippen LogP contribution in [0.2, 0.25) is 0 Å². The number of rotatable bonds is 6. The number of carbonyl (C=O) groups is 1. The van der Waals surface area contributed by atoms with Crippen LogP contribution < -0.4 is 5.32 Å². The van der Waals surface area contributed by atoms with Gasteiger partial charge in [-0.15, -0.1) is 0 Å². The largest absolute Gasteiger partial charge is 0.469 e. The summed E-state index contributed by atoms with van der Waals surface area (Å²) in [5.74, 6) is 1.62. The summed E-state index contributed by atoms with van der Waals surface area (Å²) in [6, 6.07) is 3.68. The zero-order valence-electron chi connectivity index (χ0n) is 9.35. The minimum Gasteiger partial charge on any atom is -0.469 e. The number of nitrogens with zero attached hydrogens (tertiary/aromatic N) is 2. The van der Waals surface area contributed by atoms with Crippen molar-refractivity contribution in [2.24, 2.45) is 0 Å². The lowest BCUT2D eigenvalue weighted by Gasteiger charge is -2.02. The first-order valence-corrected chi connectivity index (χ1v) is 5.48. The van der Waals surface area contributed by atoms with E-state index in [1.54, 1.807) is 6.26 Å². The molecule has 2 rings (SSSR count). The van der Waals surface area contributed by atoms with Gasteiger partial charge in [-0.25, -0.2) is 4.98 Å². The van der Waals surface area contributed by atoms with Crippen molar-refractivity contribution in [1.82, 2.24) is 20.5 Å². The van der Waals surface area contributed by atoms with Crippen molar-refractivity contribution in [3.63, 3.8) is 0 Å². The lowest BCUT2D eigenvalue weighted by atomic mass is 10.2. The lowest BCUT2D eigenvalue weighted by molar-refractivity contribution is -0.121. The second kappa shape index (κ2) is 5.83. The maximum atomic E-state index is 11.5. The summed E-state index contributed by atoms with van der Waals surface area (Å²) < 4.78 is 5.14. The first-order chi connectivity index (χ1) is 8.34. The predicted molar refractivity (Wildman–Crippen MR) is 60.1 cm³/mol. The maximum absolute atomic E-state index is 11.5. The van der Waals surface area contributed by atoms with E-state index in [4.69, 9.17) is 4.42 Å². The average molecular weight is 234 g/mol. The van der Waals surface area contributed by atoms with Gasteiger partial charge < -0.3 is 9.73 Å². The molecule has 0 atom stereocenters. The lowest BCUT2D eigenvalue weighted by Crippen LogP contribution is -2.26. The molecular weight excluding hydrogens is 220 g/mol. The zero-order valence-corrected chi connectivity index (χ0v) is 9.35. The summed E-state index contributed by atoms with van der Waals surface area (Å²) in [7, 11) is 0. The first kappa shape index (κ1) is 11.4. The number of furan rings is 1. The molecule has 6 heteroatoms. The summed E-state index contributed by atoms with van der Waals surface area (Å²) in [5, 5.41) is 9.28. The normalized spacial score (nSPS) is 10.4. The van der Waals surface area contributed by atoms with Crippen molar-refractivity contribution >= 4 is 5.91 Å². The number of aryl methyl sites for hydroxylation is 1. The van der Waals surface area contributed by atoms with Crippen molar-refractivity contribution in [3.05, 3.63) is 36.3 Å². The van der Waals surface area contributed by atoms with Gasteiger partial charge in [-0.05, 0) is 12.1 Å². The SMILES string of the molecule is O=C(CCc1ccco1)NCCc1ncn[nH]1. The quantitative estimate of drug-likeness (QED) is 0.770. The molecule has 2 aromatic rings. The molecule has 0 spiro atoms. The Kier molecular flexibility index (Phi) is 3.90. The Morgan fingerprint density at radius 1 is 1.47 bits per heavy atom. The highest BCUT2D eigenvalue weighted by Crippen LogP contribution is 2.03. The number of nitrogens with one attached hydrogen (secondary N) is 2. The van der Waals surface area contributed by atoms with Crippen LogP contribution in [0.25, 0.3) is 0 Å². The molecule has 0 fully saturated rings. The fraction of sp³-hybridized carbons (Fsp3) is 0.364. The molecular formula is C11H14N4O2. The van der Waals surface area contributed by atoms with Gasteiger partial charge in [0, 0.05) is 25.8 Å². The van der Waals surface area contributed by atoms with E-state index < -0.39 is 0 Å². The molecule has 1 amide bonds. The molecule has 0 saturated carbocycles. The van der Waals surface area contributed by atoms with Crippen molar-refractivity contribution in [1.29, 1.82) is 0 Å². The maximum Gasteiger partial charge on any atom is 0.220 e. The molecule has 2 aromatic heterocycles. The van der Waals surface area contributed by atoms with Gasteiger partial charge in [0.2, 0.25) is 5.91 Å². The second-order valence-corrected chi connectivity index (χ2v) is 3.61. The minimum atomic E-state index is 0.0147. The Bertz CT molecular complexity index is 436. The van der Waals surface area contributed by atoms with Crippen LogP contribution in [0.5, 0.6) is 0 Å². The third-order valence-corrected chi connectivity index (χ3v) is 2.33. The second-order valence-electron chi connectivity index (χ2n) is 3.61. The summed E-state index contributed by atoms with van der Waals surface area (Å²) >= 11 is 0. The molecule has 0 bridgehead atoms. The van der Waals surface area contributed by atoms with Crippen LogP contribution in [0.1, 0.15) is 18.0 Å². The zero-order chi connectivity index (χ0) is 11.9. The highest BCUT2D eigenvalue weighted by molar-refractivity contribution is 5.76. The molecule has 90 valence electrons. The number of aromatic amines is 1. The molecule has 0 aliphatic rings. The summed E-state index contributed by atoms with van der Waals surface area (Å²) in [6.45, 7) is 0.562. The van der Waals surface area contributed by atoms with Gasteiger partial charge in [-0.2, -0.15) is 5.10 Å². The Morgan fingerprint density at radius 3 is 3.12 bits per heavy atom. The van der Waals surface area contributed by atoms with E-state index in [2.05, 4.69) is 20.5 Å². The number of hydrogen-bond acceptors (Lipinski definition) is 4. The van der Waals surface area contributed by atoms with Crippen molar-refractivity contribution < 1.29 is 9.21 Å². The molecule has 17 heavy (non-hydrogen) atoms. The molecule has 0 radical (unpaired) electrons. The molecule has 0 aliphatic carbocycles. The third-order valence-electron chi connectivity index (χ3n) is 2.33. The van der Waals surface area contributed by atoms with Crippen LogP contribution in [0.15, 0.2) is 29.1 Å². The van der Waals surface area contributed by atoms with Gasteiger partial charge in [-0.1, -0.05) is 0 Å². The summed E-state index contributed by atoms with van der Waals surface area (Å²) in [4.78, 5) is 15.4. The standard InChI is InChI=1S/C11H14N4O2/c16-11(4-3-9-2-1-7-17-9)12-6-5-10-13-8-14-15-10/h1-2,7-8H,3-6H2,(H,12,16)(H,13,14,15). The molecule has 6 nitrogen and oxygen atoms in total. The Balaban J connectivity index is 1.61. The average Bonchev–Trinajstić information content (AvgIpc) is 2.99. The number of hydrogen-bond donors (Lipinski definition) is 2. The molecule has 0 unspecified atom stereocenters. The van der Waals surface area contributed by atoms with Crippen LogP contribution in [0, 0.1) is 0 Å². The molecule has 0 aliphatic heterocycles. The monoisotopic (exact) mass is 234 g/mol. The summed E-state index contributed by atoms with van der Waals surface area (Å²) in [6.07, 6.45) is 4.78. The van der Waals surface area contributed by atoms with E-state index in [0.717, 1.165) is 11.6 Å². The van der Waals surface area contributed by atoms with Crippen molar-refractivity contribution in [2.45, 2.75) is 19.3 Å². The van der Waals surface area contributed by atoms with Crippen LogP contribution in [-0.4, -0.2) is 27.6 Å². The summed E-state index contributed by atoms with van der Waals surface area (Å²) in [5.41, 5.74) is 0. The van der Waals surface area contributed by atoms with E-state index in [9.17, 15) is 4.79 Å². The molecule has 0 aromatic carbocycles. The van der Waals surface area contributed by atoms with Gasteiger partial charge in [0.05, 0.1) is 6.26 Å². The number of aromatic nitrogens is 3. The highest BCUT2D eigenvalue weighted by atomic mass is 16.3. The van der Waals surface area contributed by atoms with Crippen LogP contribution in [-0.2, 0) is 17.6 Å². The van der Waals surface area contributed by atoms with E-state index in [-0.39, 0.29) is 5.91 Å². The van der Waals surface area contributed by atoms with E-state index in [0.29, 0.717) is 25.8 Å². The van der Waals surface area contributed by atoms with Crippen LogP contribution in [0.3, 0.4) is 0 Å². The van der Waals surface area contributed by atoms with Crippen molar-refractivity contribution in [3.8, 4) is 0 Å². The van der Waals surface area contributed by atoms with E-state index in [1.807, 2.05) is 12.1 Å². The number of amides is 1. The fourth-order valence-corrected chi connectivity index (χ4v) is 1.45. The van der Waals surface area contributed by atoms with Crippen molar-refractivity contribution in [2.75, 3.05) is 6.54 Å². The molecule has 0 saturated heterocycles. The van der Waals surface area contributed by atoms with Gasteiger partial charge in [0.1, 0.15) is 17.9 Å². The molecule has 2 heterocycles. The first-order valence-electron chi connectivity index (χ1n) is 5.48. The smallest absolute Gasteiger partial charge is 0.220 e. The van der Waals surface area contributed by atoms with Gasteiger partial charge in [0.15, 0.2) is 0 Å². The van der Waals surface area contributed by atoms with Crippen LogP contribution >= 0.6 is 0 Å². The van der Waals surface area contributed by atoms with Gasteiger partial charge in [0.25, 0.3) is 0 Å². The Morgan fingerprint density at radius 2 is 2.41 bits per heavy atom. The van der Waals surface area contributed by atoms with Gasteiger partial charge in [-0.3, -0.25) is 9.89 Å². The van der Waals surface area contributed by atoms with E-state index >= 15 is 0 Å². The fourth-order valence-electron chi connectivity index (χ4n) is 1.45. The van der Waals surface area contributed by atoms with Gasteiger partial charge >= 0.3 is 0 Å². The molecule has 2 N–H and O–H groups in total. The number of H-pyrrole nitrogens is 1. The highest BCUT2D eigenvalue weighted by Gasteiger charge is 2.03.